The molecule has 0 unspecified atom stereocenters. The minimum atomic E-state index is -0.224. The molecule has 0 aromatic heterocycles. The summed E-state index contributed by atoms with van der Waals surface area (Å²) >= 11 is 1.71. The van der Waals surface area contributed by atoms with E-state index in [0.717, 1.165) is 5.75 Å². The average molecular weight is 330 g/mol. The second-order valence-corrected chi connectivity index (χ2v) is 6.37. The van der Waals surface area contributed by atoms with Crippen molar-refractivity contribution in [2.45, 2.75) is 24.8 Å². The van der Waals surface area contributed by atoms with Gasteiger partial charge in [0.25, 0.3) is 0 Å². The predicted molar refractivity (Wildman–Crippen MR) is 96.4 cm³/mol. The molecule has 0 saturated carbocycles. The van der Waals surface area contributed by atoms with Gasteiger partial charge < -0.3 is 15.4 Å². The molecule has 0 saturated heterocycles. The Labute approximate surface area is 141 Å². The largest absolute Gasteiger partial charge is 0.489 e. The van der Waals surface area contributed by atoms with Crippen molar-refractivity contribution in [2.24, 2.45) is 0 Å². The molecule has 2 aromatic rings. The van der Waals surface area contributed by atoms with Crippen LogP contribution in [-0.2, 0) is 0 Å². The molecule has 0 aliphatic rings. The highest BCUT2D eigenvalue weighted by atomic mass is 32.2. The third kappa shape index (κ3) is 6.24. The molecule has 23 heavy (non-hydrogen) atoms. The van der Waals surface area contributed by atoms with Crippen molar-refractivity contribution in [2.75, 3.05) is 17.6 Å². The van der Waals surface area contributed by atoms with E-state index in [1.54, 1.807) is 11.8 Å². The smallest absolute Gasteiger partial charge is 0.319 e. The van der Waals surface area contributed by atoms with Gasteiger partial charge in [-0.3, -0.25) is 0 Å². The number of carbonyl (C=O) groups is 1. The zero-order valence-electron chi connectivity index (χ0n) is 13.4. The molecule has 0 fully saturated rings. The van der Waals surface area contributed by atoms with Crippen molar-refractivity contribution in [3.8, 4) is 5.75 Å². The lowest BCUT2D eigenvalue weighted by molar-refractivity contribution is 0.242. The molecular weight excluding hydrogens is 308 g/mol. The van der Waals surface area contributed by atoms with Gasteiger partial charge >= 0.3 is 6.03 Å². The summed E-state index contributed by atoms with van der Waals surface area (Å²) in [6, 6.07) is 17.3. The first kappa shape index (κ1) is 17.2. The number of thioether (sulfide) groups is 1. The van der Waals surface area contributed by atoms with Gasteiger partial charge in [0.2, 0.25) is 0 Å². The molecule has 4 nitrogen and oxygen atoms in total. The molecule has 2 rings (SSSR count). The minimum absolute atomic E-state index is 0.0586. The van der Waals surface area contributed by atoms with Gasteiger partial charge in [-0.2, -0.15) is 0 Å². The van der Waals surface area contributed by atoms with Crippen molar-refractivity contribution < 1.29 is 9.53 Å². The normalized spacial score (nSPS) is 10.4. The molecule has 2 aromatic carbocycles. The molecular formula is C18H22N2O2S. The Bertz CT molecular complexity index is 617. The summed E-state index contributed by atoms with van der Waals surface area (Å²) in [5.74, 6) is 1.50. The van der Waals surface area contributed by atoms with Crippen LogP contribution in [0.4, 0.5) is 10.5 Å². The summed E-state index contributed by atoms with van der Waals surface area (Å²) in [7, 11) is 0. The van der Waals surface area contributed by atoms with E-state index in [9.17, 15) is 4.79 Å². The molecule has 5 heteroatoms. The van der Waals surface area contributed by atoms with Gasteiger partial charge in [-0.15, -0.1) is 11.8 Å². The Balaban J connectivity index is 1.76. The first-order valence-corrected chi connectivity index (χ1v) is 8.62. The van der Waals surface area contributed by atoms with Crippen LogP contribution in [0.1, 0.15) is 13.8 Å². The molecule has 0 spiro atoms. The van der Waals surface area contributed by atoms with Gasteiger partial charge in [-0.1, -0.05) is 30.3 Å². The van der Waals surface area contributed by atoms with Crippen LogP contribution in [0.15, 0.2) is 59.5 Å². The number of hydrogen-bond donors (Lipinski definition) is 2. The second-order valence-electron chi connectivity index (χ2n) is 5.21. The van der Waals surface area contributed by atoms with E-state index < -0.39 is 0 Å². The molecule has 0 heterocycles. The molecule has 2 amide bonds. The van der Waals surface area contributed by atoms with Gasteiger partial charge in [0.1, 0.15) is 5.75 Å². The molecule has 0 aliphatic heterocycles. The third-order valence-corrected chi connectivity index (χ3v) is 3.91. The first-order valence-electron chi connectivity index (χ1n) is 7.63. The number of amides is 2. The maximum Gasteiger partial charge on any atom is 0.319 e. The first-order chi connectivity index (χ1) is 11.1. The van der Waals surface area contributed by atoms with Crippen LogP contribution in [0, 0.1) is 0 Å². The zero-order chi connectivity index (χ0) is 16.5. The molecule has 0 aliphatic carbocycles. The van der Waals surface area contributed by atoms with Crippen LogP contribution >= 0.6 is 11.8 Å². The fourth-order valence-electron chi connectivity index (χ4n) is 1.94. The topological polar surface area (TPSA) is 50.4 Å². The van der Waals surface area contributed by atoms with Gasteiger partial charge in [-0.05, 0) is 38.1 Å². The number of anilines is 1. The summed E-state index contributed by atoms with van der Waals surface area (Å²) in [4.78, 5) is 13.2. The highest BCUT2D eigenvalue weighted by Gasteiger charge is 2.08. The number of nitrogens with one attached hydrogen (secondary N) is 2. The van der Waals surface area contributed by atoms with Crippen LogP contribution in [0.5, 0.6) is 5.75 Å². The molecule has 122 valence electrons. The Hall–Kier alpha value is -2.14. The predicted octanol–water partition coefficient (Wildman–Crippen LogP) is 4.39. The summed E-state index contributed by atoms with van der Waals surface area (Å²) in [6.45, 7) is 4.51. The molecule has 0 atom stereocenters. The lowest BCUT2D eigenvalue weighted by atomic mass is 10.3. The minimum Gasteiger partial charge on any atom is -0.489 e. The van der Waals surface area contributed by atoms with Crippen molar-refractivity contribution in [1.29, 1.82) is 0 Å². The molecule has 0 radical (unpaired) electrons. The van der Waals surface area contributed by atoms with Gasteiger partial charge in [0.05, 0.1) is 11.8 Å². The van der Waals surface area contributed by atoms with E-state index in [-0.39, 0.29) is 12.1 Å². The van der Waals surface area contributed by atoms with Crippen molar-refractivity contribution in [1.82, 2.24) is 5.32 Å². The fourth-order valence-corrected chi connectivity index (χ4v) is 2.73. The monoisotopic (exact) mass is 330 g/mol. The van der Waals surface area contributed by atoms with Gasteiger partial charge in [0.15, 0.2) is 0 Å². The number of para-hydroxylation sites is 2. The molecule has 0 bridgehead atoms. The number of urea groups is 1. The van der Waals surface area contributed by atoms with Crippen molar-refractivity contribution in [3.05, 3.63) is 54.6 Å². The Morgan fingerprint density at radius 3 is 2.52 bits per heavy atom. The number of benzene rings is 2. The summed E-state index contributed by atoms with van der Waals surface area (Å²) in [5, 5.41) is 5.69. The Morgan fingerprint density at radius 2 is 1.78 bits per heavy atom. The van der Waals surface area contributed by atoms with E-state index in [1.807, 2.05) is 56.3 Å². The lowest BCUT2D eigenvalue weighted by Crippen LogP contribution is -2.30. The highest BCUT2D eigenvalue weighted by molar-refractivity contribution is 7.99. The quantitative estimate of drug-likeness (QED) is 0.585. The van der Waals surface area contributed by atoms with Crippen LogP contribution in [0.2, 0.25) is 0 Å². The SMILES string of the molecule is CC(C)Oc1ccccc1NC(=O)NCCSc1ccccc1. The van der Waals surface area contributed by atoms with E-state index in [1.165, 1.54) is 4.90 Å². The molecule has 2 N–H and O–H groups in total. The Kier molecular flexibility index (Phi) is 6.81. The number of carbonyl (C=O) groups excluding carboxylic acids is 1. The maximum absolute atomic E-state index is 12.0. The summed E-state index contributed by atoms with van der Waals surface area (Å²) < 4.78 is 5.68. The van der Waals surface area contributed by atoms with Crippen LogP contribution in [-0.4, -0.2) is 24.4 Å². The van der Waals surface area contributed by atoms with E-state index in [4.69, 9.17) is 4.74 Å². The second kappa shape index (κ2) is 9.10. The van der Waals surface area contributed by atoms with E-state index >= 15 is 0 Å². The summed E-state index contributed by atoms with van der Waals surface area (Å²) in [5.41, 5.74) is 0.675. The standard InChI is InChI=1S/C18H22N2O2S/c1-14(2)22-17-11-7-6-10-16(17)20-18(21)19-12-13-23-15-8-4-3-5-9-15/h3-11,14H,12-13H2,1-2H3,(H2,19,20,21). The number of hydrogen-bond acceptors (Lipinski definition) is 3. The lowest BCUT2D eigenvalue weighted by Gasteiger charge is -2.15. The van der Waals surface area contributed by atoms with E-state index in [0.29, 0.717) is 18.0 Å². The van der Waals surface area contributed by atoms with Crippen LogP contribution in [0.25, 0.3) is 0 Å². The zero-order valence-corrected chi connectivity index (χ0v) is 14.2. The summed E-state index contributed by atoms with van der Waals surface area (Å²) in [6.07, 6.45) is 0.0586. The van der Waals surface area contributed by atoms with Crippen LogP contribution in [0.3, 0.4) is 0 Å². The van der Waals surface area contributed by atoms with Gasteiger partial charge in [-0.25, -0.2) is 4.79 Å². The van der Waals surface area contributed by atoms with Crippen molar-refractivity contribution in [3.63, 3.8) is 0 Å². The van der Waals surface area contributed by atoms with E-state index in [2.05, 4.69) is 22.8 Å². The van der Waals surface area contributed by atoms with Gasteiger partial charge in [0, 0.05) is 17.2 Å². The third-order valence-electron chi connectivity index (χ3n) is 2.90. The number of ether oxygens (including phenoxy) is 1. The maximum atomic E-state index is 12.0. The fraction of sp³-hybridized carbons (Fsp3) is 0.278. The number of rotatable bonds is 7. The Morgan fingerprint density at radius 1 is 1.09 bits per heavy atom. The highest BCUT2D eigenvalue weighted by Crippen LogP contribution is 2.24. The van der Waals surface area contributed by atoms with Crippen LogP contribution < -0.4 is 15.4 Å². The van der Waals surface area contributed by atoms with Crippen molar-refractivity contribution >= 4 is 23.5 Å². The average Bonchev–Trinajstić information content (AvgIpc) is 2.54.